The van der Waals surface area contributed by atoms with E-state index in [0.29, 0.717) is 29.7 Å². The molecule has 11 nitrogen and oxygen atoms in total. The summed E-state index contributed by atoms with van der Waals surface area (Å²) in [6, 6.07) is 5.35. The highest BCUT2D eigenvalue weighted by Crippen LogP contribution is 2.27. The predicted molar refractivity (Wildman–Crippen MR) is 123 cm³/mol. The summed E-state index contributed by atoms with van der Waals surface area (Å²) in [4.78, 5) is 12.6. The summed E-state index contributed by atoms with van der Waals surface area (Å²) in [6.45, 7) is 5.75. The minimum Gasteiger partial charge on any atom is -0.383 e. The standard InChI is InChI=1S/C20H26ClN7O4S/c1-13(2)32-17(18-23-11-15(21)12-24-18)14(3)33(29,30)27-20-26-25-19(28(20)9-10-31-4)16-7-5-6-8-22-16/h5-8,11-14,17H,9-10H2,1-4H3,(H,26,27)/t14-,17+/m0/s1. The second kappa shape index (κ2) is 11.0. The van der Waals surface area contributed by atoms with Crippen LogP contribution in [0.4, 0.5) is 5.95 Å². The van der Waals surface area contributed by atoms with Crippen molar-refractivity contribution in [1.82, 2.24) is 29.7 Å². The van der Waals surface area contributed by atoms with Crippen molar-refractivity contribution in [2.24, 2.45) is 0 Å². The van der Waals surface area contributed by atoms with Crippen LogP contribution in [0, 0.1) is 0 Å². The maximum atomic E-state index is 13.3. The first-order valence-electron chi connectivity index (χ1n) is 10.2. The van der Waals surface area contributed by atoms with Crippen LogP contribution in [0.15, 0.2) is 36.8 Å². The molecule has 3 rings (SSSR count). The van der Waals surface area contributed by atoms with E-state index in [-0.39, 0.29) is 17.9 Å². The zero-order chi connectivity index (χ0) is 24.0. The summed E-state index contributed by atoms with van der Waals surface area (Å²) in [5, 5.41) is 7.47. The topological polar surface area (TPSA) is 134 Å². The molecule has 3 aromatic heterocycles. The van der Waals surface area contributed by atoms with E-state index in [1.54, 1.807) is 43.9 Å². The van der Waals surface area contributed by atoms with E-state index >= 15 is 0 Å². The van der Waals surface area contributed by atoms with Crippen molar-refractivity contribution in [3.63, 3.8) is 0 Å². The van der Waals surface area contributed by atoms with E-state index in [0.717, 1.165) is 0 Å². The van der Waals surface area contributed by atoms with E-state index in [1.807, 2.05) is 6.07 Å². The highest BCUT2D eigenvalue weighted by Gasteiger charge is 2.35. The summed E-state index contributed by atoms with van der Waals surface area (Å²) in [5.41, 5.74) is 0.551. The zero-order valence-corrected chi connectivity index (χ0v) is 20.3. The van der Waals surface area contributed by atoms with Crippen LogP contribution < -0.4 is 4.72 Å². The zero-order valence-electron chi connectivity index (χ0n) is 18.7. The number of pyridine rings is 1. The Hall–Kier alpha value is -2.67. The van der Waals surface area contributed by atoms with Crippen molar-refractivity contribution in [3.8, 4) is 11.5 Å². The molecule has 0 saturated heterocycles. The summed E-state index contributed by atoms with van der Waals surface area (Å²) in [5.74, 6) is 0.662. The lowest BCUT2D eigenvalue weighted by Gasteiger charge is -2.25. The van der Waals surface area contributed by atoms with Crippen LogP contribution in [0.25, 0.3) is 11.5 Å². The van der Waals surface area contributed by atoms with Crippen molar-refractivity contribution >= 4 is 27.6 Å². The Morgan fingerprint density at radius 3 is 2.45 bits per heavy atom. The number of nitrogens with zero attached hydrogens (tertiary/aromatic N) is 6. The smallest absolute Gasteiger partial charge is 0.240 e. The number of nitrogens with one attached hydrogen (secondary N) is 1. The first-order chi connectivity index (χ1) is 15.7. The number of halogens is 1. The fourth-order valence-corrected chi connectivity index (χ4v) is 4.18. The van der Waals surface area contributed by atoms with Gasteiger partial charge in [0.2, 0.25) is 16.0 Å². The predicted octanol–water partition coefficient (Wildman–Crippen LogP) is 2.73. The molecule has 178 valence electrons. The van der Waals surface area contributed by atoms with Crippen LogP contribution >= 0.6 is 11.6 Å². The molecule has 3 aromatic rings. The van der Waals surface area contributed by atoms with Gasteiger partial charge >= 0.3 is 0 Å². The van der Waals surface area contributed by atoms with Gasteiger partial charge in [-0.05, 0) is 32.9 Å². The molecule has 0 radical (unpaired) electrons. The van der Waals surface area contributed by atoms with Gasteiger partial charge in [0.1, 0.15) is 17.0 Å². The first-order valence-corrected chi connectivity index (χ1v) is 12.1. The number of rotatable bonds is 11. The van der Waals surface area contributed by atoms with Crippen LogP contribution in [-0.2, 0) is 26.0 Å². The maximum Gasteiger partial charge on any atom is 0.240 e. The lowest BCUT2D eigenvalue weighted by atomic mass is 10.2. The monoisotopic (exact) mass is 495 g/mol. The summed E-state index contributed by atoms with van der Waals surface area (Å²) >= 11 is 5.88. The van der Waals surface area contributed by atoms with Crippen molar-refractivity contribution in [2.75, 3.05) is 18.4 Å². The Labute approximate surface area is 197 Å². The van der Waals surface area contributed by atoms with Crippen molar-refractivity contribution < 1.29 is 17.9 Å². The van der Waals surface area contributed by atoms with Gasteiger partial charge in [-0.3, -0.25) is 14.3 Å². The molecule has 0 aromatic carbocycles. The fraction of sp³-hybridized carbons (Fsp3) is 0.450. The Morgan fingerprint density at radius 1 is 1.12 bits per heavy atom. The molecule has 2 atom stereocenters. The van der Waals surface area contributed by atoms with E-state index in [2.05, 4.69) is 29.9 Å². The third kappa shape index (κ3) is 6.22. The third-order valence-electron chi connectivity index (χ3n) is 4.63. The van der Waals surface area contributed by atoms with E-state index in [4.69, 9.17) is 21.1 Å². The van der Waals surface area contributed by atoms with E-state index in [1.165, 1.54) is 19.3 Å². The molecule has 0 amide bonds. The Bertz CT molecular complexity index is 1140. The van der Waals surface area contributed by atoms with Gasteiger partial charge in [0.05, 0.1) is 24.3 Å². The Morgan fingerprint density at radius 2 is 1.85 bits per heavy atom. The average Bonchev–Trinajstić information content (AvgIpc) is 3.18. The summed E-state index contributed by atoms with van der Waals surface area (Å²) < 4.78 is 41.8. The fourth-order valence-electron chi connectivity index (χ4n) is 2.98. The van der Waals surface area contributed by atoms with Crippen molar-refractivity contribution in [2.45, 2.75) is 44.8 Å². The van der Waals surface area contributed by atoms with Gasteiger partial charge in [0, 0.05) is 25.7 Å². The van der Waals surface area contributed by atoms with E-state index < -0.39 is 21.4 Å². The van der Waals surface area contributed by atoms with Crippen LogP contribution in [0.5, 0.6) is 0 Å². The van der Waals surface area contributed by atoms with Gasteiger partial charge in [-0.25, -0.2) is 18.4 Å². The molecule has 3 heterocycles. The SMILES string of the molecule is COCCn1c(NS(=O)(=O)[C@@H](C)[C@@H](OC(C)C)c2ncc(Cl)cn2)nnc1-c1ccccn1. The molecule has 0 unspecified atom stereocenters. The molecule has 0 bridgehead atoms. The highest BCUT2D eigenvalue weighted by molar-refractivity contribution is 7.93. The second-order valence-corrected chi connectivity index (χ2v) is 9.90. The number of ether oxygens (including phenoxy) is 2. The molecular weight excluding hydrogens is 470 g/mol. The van der Waals surface area contributed by atoms with Gasteiger partial charge in [-0.2, -0.15) is 0 Å². The van der Waals surface area contributed by atoms with Gasteiger partial charge in [0.15, 0.2) is 11.6 Å². The second-order valence-electron chi connectivity index (χ2n) is 7.42. The maximum absolute atomic E-state index is 13.3. The molecule has 13 heteroatoms. The largest absolute Gasteiger partial charge is 0.383 e. The van der Waals surface area contributed by atoms with E-state index in [9.17, 15) is 8.42 Å². The Balaban J connectivity index is 1.93. The number of hydrogen-bond acceptors (Lipinski definition) is 9. The molecule has 0 aliphatic heterocycles. The molecule has 0 aliphatic carbocycles. The van der Waals surface area contributed by atoms with Crippen LogP contribution in [0.2, 0.25) is 5.02 Å². The van der Waals surface area contributed by atoms with Crippen molar-refractivity contribution in [1.29, 1.82) is 0 Å². The lowest BCUT2D eigenvalue weighted by Crippen LogP contribution is -2.35. The first kappa shape index (κ1) is 25.0. The normalized spacial score (nSPS) is 13.8. The molecule has 0 spiro atoms. The molecule has 33 heavy (non-hydrogen) atoms. The number of aromatic nitrogens is 6. The van der Waals surface area contributed by atoms with Crippen molar-refractivity contribution in [3.05, 3.63) is 47.6 Å². The third-order valence-corrected chi connectivity index (χ3v) is 6.52. The molecular formula is C20H26ClN7O4S. The van der Waals surface area contributed by atoms with Gasteiger partial charge < -0.3 is 9.47 Å². The lowest BCUT2D eigenvalue weighted by molar-refractivity contribution is 0.00154. The van der Waals surface area contributed by atoms with Crippen LogP contribution in [0.1, 0.15) is 32.7 Å². The van der Waals surface area contributed by atoms with Gasteiger partial charge in [-0.15, -0.1) is 10.2 Å². The number of methoxy groups -OCH3 is 1. The molecule has 0 aliphatic rings. The van der Waals surface area contributed by atoms with Gasteiger partial charge in [0.25, 0.3) is 0 Å². The Kier molecular flexibility index (Phi) is 8.30. The summed E-state index contributed by atoms with van der Waals surface area (Å²) in [7, 11) is -2.45. The minimum atomic E-state index is -4.01. The van der Waals surface area contributed by atoms with Crippen LogP contribution in [0.3, 0.4) is 0 Å². The number of sulfonamides is 1. The quantitative estimate of drug-likeness (QED) is 0.426. The van der Waals surface area contributed by atoms with Gasteiger partial charge in [-0.1, -0.05) is 17.7 Å². The molecule has 0 fully saturated rings. The van der Waals surface area contributed by atoms with Crippen LogP contribution in [-0.4, -0.2) is 63.2 Å². The minimum absolute atomic E-state index is 0.0416. The number of hydrogen-bond donors (Lipinski definition) is 1. The molecule has 0 saturated carbocycles. The number of anilines is 1. The molecule has 1 N–H and O–H groups in total. The average molecular weight is 496 g/mol. The highest BCUT2D eigenvalue weighted by atomic mass is 35.5. The summed E-state index contributed by atoms with van der Waals surface area (Å²) in [6.07, 6.45) is 3.21.